The maximum Gasteiger partial charge on any atom is 0.311 e. The predicted octanol–water partition coefficient (Wildman–Crippen LogP) is 4.98. The normalized spacial score (nSPS) is 21.4. The second kappa shape index (κ2) is 10.6. The Hall–Kier alpha value is -1.94. The molecule has 196 valence electrons. The van der Waals surface area contributed by atoms with Gasteiger partial charge in [-0.25, -0.2) is 0 Å². The van der Waals surface area contributed by atoms with Crippen molar-refractivity contribution in [2.45, 2.75) is 84.7 Å². The number of ether oxygens (including phenoxy) is 2. The van der Waals surface area contributed by atoms with Crippen LogP contribution < -0.4 is 4.74 Å². The molecule has 1 amide bonds. The Bertz CT molecular complexity index is 911. The van der Waals surface area contributed by atoms with E-state index in [-0.39, 0.29) is 41.5 Å². The van der Waals surface area contributed by atoms with E-state index in [4.69, 9.17) is 9.47 Å². The lowest BCUT2D eigenvalue weighted by Crippen LogP contribution is -2.66. The number of likely N-dealkylation sites (tertiary alicyclic amines) is 1. The number of esters is 1. The van der Waals surface area contributed by atoms with Crippen LogP contribution in [0.3, 0.4) is 0 Å². The fourth-order valence-electron chi connectivity index (χ4n) is 5.73. The first-order valence-corrected chi connectivity index (χ1v) is 19.7. The summed E-state index contributed by atoms with van der Waals surface area (Å²) in [6.07, 6.45) is 0.554. The molecule has 1 aromatic rings. The van der Waals surface area contributed by atoms with Crippen LogP contribution in [0.1, 0.15) is 33.3 Å². The Kier molecular flexibility index (Phi) is 8.86. The summed E-state index contributed by atoms with van der Waals surface area (Å²) in [6, 6.07) is 7.42. The molecular weight excluding hydrogens is 474 g/mol. The molecule has 6 nitrogen and oxygen atoms in total. The number of methoxy groups -OCH3 is 1. The molecule has 2 rings (SSSR count). The molecule has 0 aliphatic carbocycles. The summed E-state index contributed by atoms with van der Waals surface area (Å²) < 4.78 is 11.1. The van der Waals surface area contributed by atoms with E-state index in [1.54, 1.807) is 7.11 Å². The van der Waals surface area contributed by atoms with Gasteiger partial charge in [0.2, 0.25) is 5.91 Å². The molecule has 0 unspecified atom stereocenters. The van der Waals surface area contributed by atoms with Crippen LogP contribution in [0.4, 0.5) is 0 Å². The molecule has 0 bridgehead atoms. The molecule has 35 heavy (non-hydrogen) atoms. The Morgan fingerprint density at radius 3 is 1.91 bits per heavy atom. The zero-order chi connectivity index (χ0) is 26.9. The third kappa shape index (κ3) is 6.85. The molecule has 1 aromatic carbocycles. The molecule has 8 heteroatoms. The monoisotopic (exact) mass is 519 g/mol. The highest BCUT2D eigenvalue weighted by Crippen LogP contribution is 2.40. The number of hydrogen-bond acceptors (Lipinski definition) is 5. The number of nitrogens with zero attached hydrogens (tertiary/aromatic N) is 1. The summed E-state index contributed by atoms with van der Waals surface area (Å²) in [5.41, 5.74) is 0.386. The third-order valence-electron chi connectivity index (χ3n) is 6.78. The lowest BCUT2D eigenvalue weighted by molar-refractivity contribution is -0.155. The van der Waals surface area contributed by atoms with E-state index >= 15 is 0 Å². The first-order chi connectivity index (χ1) is 15.9. The Balaban J connectivity index is 2.59. The van der Waals surface area contributed by atoms with Crippen molar-refractivity contribution >= 4 is 33.8 Å². The molecule has 3 atom stereocenters. The number of benzene rings is 1. The van der Waals surface area contributed by atoms with Gasteiger partial charge in [0.15, 0.2) is 0 Å². The van der Waals surface area contributed by atoms with E-state index in [9.17, 15) is 14.4 Å². The second-order valence-corrected chi connectivity index (χ2v) is 24.2. The van der Waals surface area contributed by atoms with Crippen molar-refractivity contribution in [2.75, 3.05) is 13.7 Å². The number of ketones is 1. The quantitative estimate of drug-likeness (QED) is 0.261. The lowest BCUT2D eigenvalue weighted by Gasteiger charge is -2.47. The van der Waals surface area contributed by atoms with Crippen LogP contribution in [-0.2, 0) is 25.5 Å². The van der Waals surface area contributed by atoms with Crippen molar-refractivity contribution < 1.29 is 23.9 Å². The molecule has 0 saturated carbocycles. The van der Waals surface area contributed by atoms with E-state index in [1.165, 1.54) is 6.92 Å². The summed E-state index contributed by atoms with van der Waals surface area (Å²) in [6.45, 7) is 20.9. The highest BCUT2D eigenvalue weighted by molar-refractivity contribution is 6.96. The van der Waals surface area contributed by atoms with Gasteiger partial charge in [0.1, 0.15) is 24.1 Å². The molecule has 0 N–H and O–H groups in total. The topological polar surface area (TPSA) is 72.9 Å². The van der Waals surface area contributed by atoms with Crippen molar-refractivity contribution in [3.63, 3.8) is 0 Å². The van der Waals surface area contributed by atoms with Gasteiger partial charge >= 0.3 is 5.97 Å². The Labute approximate surface area is 213 Å². The molecule has 0 aromatic heterocycles. The summed E-state index contributed by atoms with van der Waals surface area (Å²) in [5, 5.41) is 0.114. The van der Waals surface area contributed by atoms with Crippen LogP contribution >= 0.6 is 0 Å². The molecular formula is C27H45NO5Si2. The van der Waals surface area contributed by atoms with Gasteiger partial charge in [0, 0.05) is 11.2 Å². The minimum atomic E-state index is -1.86. The first kappa shape index (κ1) is 29.3. The number of amides is 1. The molecule has 0 radical (unpaired) electrons. The van der Waals surface area contributed by atoms with Crippen LogP contribution in [0, 0.1) is 17.3 Å². The zero-order valence-corrected chi connectivity index (χ0v) is 25.5. The fourth-order valence-corrected chi connectivity index (χ4v) is 18.4. The van der Waals surface area contributed by atoms with Gasteiger partial charge in [-0.2, -0.15) is 0 Å². The lowest BCUT2D eigenvalue weighted by atomic mass is 9.83. The minimum absolute atomic E-state index is 0.0948. The number of rotatable bonds is 9. The number of carbonyl (C=O) groups is 3. The third-order valence-corrected chi connectivity index (χ3v) is 15.8. The van der Waals surface area contributed by atoms with Crippen LogP contribution in [-0.4, -0.2) is 63.8 Å². The van der Waals surface area contributed by atoms with Crippen molar-refractivity contribution in [1.29, 1.82) is 0 Å². The zero-order valence-electron chi connectivity index (χ0n) is 23.5. The standard InChI is InChI=1S/C27H45NO5Si2/c1-18(29)23-21(16-19-12-14-20(32-5)15-13-19)22(17-33-25(31)27(2,3)4)28(24(23)30)26(34(6,7)8)35(9,10)11/h12-15,21-23,26H,16-17H2,1-11H3/t21-,22-,23+/m1/s1. The van der Waals surface area contributed by atoms with E-state index in [0.717, 1.165) is 11.3 Å². The summed E-state index contributed by atoms with van der Waals surface area (Å²) >= 11 is 0. The second-order valence-electron chi connectivity index (χ2n) is 13.1. The van der Waals surface area contributed by atoms with Crippen LogP contribution in [0.25, 0.3) is 0 Å². The van der Waals surface area contributed by atoms with Gasteiger partial charge in [0.05, 0.1) is 34.7 Å². The molecule has 1 heterocycles. The van der Waals surface area contributed by atoms with Crippen molar-refractivity contribution in [3.05, 3.63) is 29.8 Å². The smallest absolute Gasteiger partial charge is 0.311 e. The summed E-state index contributed by atoms with van der Waals surface area (Å²) in [7, 11) is -2.10. The van der Waals surface area contributed by atoms with Gasteiger partial charge < -0.3 is 14.4 Å². The summed E-state index contributed by atoms with van der Waals surface area (Å²) in [5.74, 6) is -0.746. The average Bonchev–Trinajstić information content (AvgIpc) is 2.95. The highest BCUT2D eigenvalue weighted by Gasteiger charge is 2.57. The van der Waals surface area contributed by atoms with Crippen molar-refractivity contribution in [3.8, 4) is 5.75 Å². The predicted molar refractivity (Wildman–Crippen MR) is 146 cm³/mol. The first-order valence-electron chi connectivity index (χ1n) is 12.5. The Morgan fingerprint density at radius 1 is 1.00 bits per heavy atom. The van der Waals surface area contributed by atoms with Gasteiger partial charge in [-0.3, -0.25) is 14.4 Å². The SMILES string of the molecule is COc1ccc(C[C@H]2[C@H](C(C)=O)C(=O)N(C([Si](C)(C)C)[Si](C)(C)C)[C@@H]2COC(=O)C(C)(C)C)cc1. The van der Waals surface area contributed by atoms with Crippen molar-refractivity contribution in [1.82, 2.24) is 4.90 Å². The molecule has 0 spiro atoms. The van der Waals surface area contributed by atoms with E-state index in [2.05, 4.69) is 39.3 Å². The van der Waals surface area contributed by atoms with E-state index < -0.39 is 27.5 Å². The summed E-state index contributed by atoms with van der Waals surface area (Å²) in [4.78, 5) is 41.7. The van der Waals surface area contributed by atoms with Crippen LogP contribution in [0.2, 0.25) is 39.3 Å². The fraction of sp³-hybridized carbons (Fsp3) is 0.667. The average molecular weight is 520 g/mol. The van der Waals surface area contributed by atoms with Gasteiger partial charge in [-0.1, -0.05) is 51.4 Å². The van der Waals surface area contributed by atoms with Gasteiger partial charge in [0.25, 0.3) is 0 Å². The number of hydrogen-bond donors (Lipinski definition) is 0. The number of Topliss-reactive ketones (excluding diaryl/α,β-unsaturated/α-hetero) is 1. The highest BCUT2D eigenvalue weighted by atomic mass is 28.4. The van der Waals surface area contributed by atoms with E-state index in [0.29, 0.717) is 6.42 Å². The molecule has 1 fully saturated rings. The largest absolute Gasteiger partial charge is 0.497 e. The number of carbonyl (C=O) groups excluding carboxylic acids is 3. The molecule has 1 aliphatic rings. The maximum atomic E-state index is 14.0. The van der Waals surface area contributed by atoms with E-state index in [1.807, 2.05) is 49.9 Å². The molecule has 1 aliphatic heterocycles. The van der Waals surface area contributed by atoms with Gasteiger partial charge in [-0.15, -0.1) is 0 Å². The minimum Gasteiger partial charge on any atom is -0.497 e. The van der Waals surface area contributed by atoms with Crippen molar-refractivity contribution in [2.24, 2.45) is 17.3 Å². The maximum absolute atomic E-state index is 14.0. The van der Waals surface area contributed by atoms with Crippen LogP contribution in [0.5, 0.6) is 5.75 Å². The van der Waals surface area contributed by atoms with Gasteiger partial charge in [-0.05, 0) is 51.8 Å². The van der Waals surface area contributed by atoms with Crippen LogP contribution in [0.15, 0.2) is 24.3 Å². The Morgan fingerprint density at radius 2 is 1.51 bits per heavy atom. The molecule has 1 saturated heterocycles.